The first kappa shape index (κ1) is 18.7. The number of carbonyl (C=O) groups is 1. The molecule has 0 spiro atoms. The van der Waals surface area contributed by atoms with Crippen LogP contribution in [0.4, 0.5) is 0 Å². The van der Waals surface area contributed by atoms with E-state index in [0.29, 0.717) is 23.6 Å². The van der Waals surface area contributed by atoms with Crippen molar-refractivity contribution in [3.8, 4) is 22.2 Å². The van der Waals surface area contributed by atoms with Crippen molar-refractivity contribution in [2.24, 2.45) is 0 Å². The van der Waals surface area contributed by atoms with E-state index in [2.05, 4.69) is 14.8 Å². The van der Waals surface area contributed by atoms with Gasteiger partial charge in [-0.1, -0.05) is 17.8 Å². The lowest BCUT2D eigenvalue weighted by atomic mass is 10.1. The number of rotatable bonds is 7. The van der Waals surface area contributed by atoms with Gasteiger partial charge in [0.2, 0.25) is 6.79 Å². The molecule has 2 aliphatic rings. The molecule has 2 aliphatic heterocycles. The van der Waals surface area contributed by atoms with Crippen LogP contribution < -0.4 is 9.47 Å². The van der Waals surface area contributed by atoms with Crippen molar-refractivity contribution in [1.29, 1.82) is 0 Å². The topological polar surface area (TPSA) is 75.5 Å². The Kier molecular flexibility index (Phi) is 5.26. The molecular weight excluding hydrogens is 410 g/mol. The molecule has 1 atom stereocenters. The molecule has 2 aromatic heterocycles. The van der Waals surface area contributed by atoms with Crippen LogP contribution in [-0.4, -0.2) is 45.8 Å². The first-order valence-corrected chi connectivity index (χ1v) is 11.3. The SMILES string of the molecule is O=C(CSc1nnc(-c2cccs2)n1CC1CCCO1)c1ccc2c(c1)OCO2. The number of benzene rings is 1. The summed E-state index contributed by atoms with van der Waals surface area (Å²) in [6, 6.07) is 9.31. The maximum absolute atomic E-state index is 12.7. The molecule has 5 rings (SSSR count). The summed E-state index contributed by atoms with van der Waals surface area (Å²) in [6.07, 6.45) is 2.27. The van der Waals surface area contributed by atoms with Crippen LogP contribution in [-0.2, 0) is 11.3 Å². The molecule has 0 amide bonds. The highest BCUT2D eigenvalue weighted by atomic mass is 32.2. The minimum atomic E-state index is 0.0117. The second kappa shape index (κ2) is 8.17. The summed E-state index contributed by atoms with van der Waals surface area (Å²) in [5.41, 5.74) is 0.602. The molecule has 0 aliphatic carbocycles. The molecule has 29 heavy (non-hydrogen) atoms. The molecule has 1 saturated heterocycles. The van der Waals surface area contributed by atoms with E-state index >= 15 is 0 Å². The number of thiophene rings is 1. The van der Waals surface area contributed by atoms with Crippen LogP contribution in [0.5, 0.6) is 11.5 Å². The predicted molar refractivity (Wildman–Crippen MR) is 110 cm³/mol. The molecule has 1 unspecified atom stereocenters. The number of aromatic nitrogens is 3. The van der Waals surface area contributed by atoms with Gasteiger partial charge >= 0.3 is 0 Å². The molecule has 0 N–H and O–H groups in total. The van der Waals surface area contributed by atoms with Crippen LogP contribution >= 0.6 is 23.1 Å². The van der Waals surface area contributed by atoms with Crippen molar-refractivity contribution in [2.75, 3.05) is 19.2 Å². The lowest BCUT2D eigenvalue weighted by Crippen LogP contribution is -2.17. The van der Waals surface area contributed by atoms with E-state index in [-0.39, 0.29) is 24.4 Å². The zero-order chi connectivity index (χ0) is 19.6. The Morgan fingerprint density at radius 2 is 2.17 bits per heavy atom. The fourth-order valence-electron chi connectivity index (χ4n) is 3.42. The van der Waals surface area contributed by atoms with E-state index < -0.39 is 0 Å². The molecule has 1 aromatic carbocycles. The van der Waals surface area contributed by atoms with Crippen molar-refractivity contribution >= 4 is 28.9 Å². The van der Waals surface area contributed by atoms with Gasteiger partial charge in [-0.2, -0.15) is 0 Å². The van der Waals surface area contributed by atoms with Gasteiger partial charge in [-0.05, 0) is 42.5 Å². The number of ketones is 1. The van der Waals surface area contributed by atoms with Crippen molar-refractivity contribution < 1.29 is 19.0 Å². The predicted octanol–water partition coefficient (Wildman–Crippen LogP) is 3.89. The van der Waals surface area contributed by atoms with Gasteiger partial charge in [-0.15, -0.1) is 21.5 Å². The van der Waals surface area contributed by atoms with E-state index in [9.17, 15) is 4.79 Å². The Balaban J connectivity index is 1.34. The van der Waals surface area contributed by atoms with E-state index in [1.165, 1.54) is 11.8 Å². The molecule has 9 heteroatoms. The molecular formula is C20H19N3O4S2. The smallest absolute Gasteiger partial charge is 0.231 e. The van der Waals surface area contributed by atoms with Gasteiger partial charge < -0.3 is 14.2 Å². The van der Waals surface area contributed by atoms with Gasteiger partial charge in [0.1, 0.15) is 0 Å². The van der Waals surface area contributed by atoms with Gasteiger partial charge in [0.15, 0.2) is 28.3 Å². The van der Waals surface area contributed by atoms with Crippen molar-refractivity contribution in [1.82, 2.24) is 14.8 Å². The molecule has 0 radical (unpaired) electrons. The highest BCUT2D eigenvalue weighted by Crippen LogP contribution is 2.33. The molecule has 0 bridgehead atoms. The van der Waals surface area contributed by atoms with E-state index in [4.69, 9.17) is 14.2 Å². The summed E-state index contributed by atoms with van der Waals surface area (Å²) in [4.78, 5) is 13.8. The third-order valence-corrected chi connectivity index (χ3v) is 6.73. The minimum absolute atomic E-state index is 0.0117. The summed E-state index contributed by atoms with van der Waals surface area (Å²) in [5.74, 6) is 2.40. The molecule has 3 aromatic rings. The summed E-state index contributed by atoms with van der Waals surface area (Å²) >= 11 is 3.03. The zero-order valence-corrected chi connectivity index (χ0v) is 17.2. The third kappa shape index (κ3) is 3.90. The Morgan fingerprint density at radius 3 is 3.00 bits per heavy atom. The van der Waals surface area contributed by atoms with Crippen molar-refractivity contribution in [3.05, 3.63) is 41.3 Å². The van der Waals surface area contributed by atoms with Crippen LogP contribution in [0.1, 0.15) is 23.2 Å². The van der Waals surface area contributed by atoms with Crippen LogP contribution in [0.15, 0.2) is 40.9 Å². The number of ether oxygens (including phenoxy) is 3. The molecule has 7 nitrogen and oxygen atoms in total. The first-order chi connectivity index (χ1) is 14.3. The number of nitrogens with zero attached hydrogens (tertiary/aromatic N) is 3. The van der Waals surface area contributed by atoms with Gasteiger partial charge in [-0.25, -0.2) is 0 Å². The van der Waals surface area contributed by atoms with Crippen LogP contribution in [0.3, 0.4) is 0 Å². The normalized spacial score (nSPS) is 17.7. The number of carbonyl (C=O) groups excluding carboxylic acids is 1. The minimum Gasteiger partial charge on any atom is -0.454 e. The lowest BCUT2D eigenvalue weighted by Gasteiger charge is -2.14. The fourth-order valence-corrected chi connectivity index (χ4v) is 4.98. The fraction of sp³-hybridized carbons (Fsp3) is 0.350. The highest BCUT2D eigenvalue weighted by molar-refractivity contribution is 7.99. The van der Waals surface area contributed by atoms with Crippen molar-refractivity contribution in [2.45, 2.75) is 30.6 Å². The summed E-state index contributed by atoms with van der Waals surface area (Å²) in [6.45, 7) is 1.69. The van der Waals surface area contributed by atoms with E-state index in [1.807, 2.05) is 17.5 Å². The second-order valence-corrected chi connectivity index (χ2v) is 8.70. The number of hydrogen-bond acceptors (Lipinski definition) is 8. The largest absolute Gasteiger partial charge is 0.454 e. The zero-order valence-electron chi connectivity index (χ0n) is 15.6. The third-order valence-electron chi connectivity index (χ3n) is 4.90. The Morgan fingerprint density at radius 1 is 1.24 bits per heavy atom. The highest BCUT2D eigenvalue weighted by Gasteiger charge is 2.23. The first-order valence-electron chi connectivity index (χ1n) is 9.42. The lowest BCUT2D eigenvalue weighted by molar-refractivity contribution is 0.0953. The van der Waals surface area contributed by atoms with Gasteiger partial charge in [0.05, 0.1) is 23.3 Å². The van der Waals surface area contributed by atoms with Crippen LogP contribution in [0.25, 0.3) is 10.7 Å². The molecule has 4 heterocycles. The van der Waals surface area contributed by atoms with Gasteiger partial charge in [-0.3, -0.25) is 9.36 Å². The summed E-state index contributed by atoms with van der Waals surface area (Å²) in [7, 11) is 0. The maximum atomic E-state index is 12.7. The van der Waals surface area contributed by atoms with Gasteiger partial charge in [0, 0.05) is 12.2 Å². The van der Waals surface area contributed by atoms with Crippen LogP contribution in [0.2, 0.25) is 0 Å². The molecule has 0 saturated carbocycles. The number of fused-ring (bicyclic) bond motifs is 1. The average Bonchev–Trinajstić information content (AvgIpc) is 3.53. The van der Waals surface area contributed by atoms with Gasteiger partial charge in [0.25, 0.3) is 0 Å². The van der Waals surface area contributed by atoms with E-state index in [1.54, 1.807) is 29.5 Å². The van der Waals surface area contributed by atoms with Crippen LogP contribution in [0, 0.1) is 0 Å². The Bertz CT molecular complexity index is 1010. The average molecular weight is 430 g/mol. The number of thioether (sulfide) groups is 1. The maximum Gasteiger partial charge on any atom is 0.231 e. The summed E-state index contributed by atoms with van der Waals surface area (Å²) in [5, 5.41) is 11.5. The summed E-state index contributed by atoms with van der Waals surface area (Å²) < 4.78 is 18.6. The molecule has 150 valence electrons. The monoisotopic (exact) mass is 429 g/mol. The molecule has 1 fully saturated rings. The Labute approximate surface area is 176 Å². The second-order valence-electron chi connectivity index (χ2n) is 6.81. The quantitative estimate of drug-likeness (QED) is 0.417. The number of hydrogen-bond donors (Lipinski definition) is 0. The Hall–Kier alpha value is -2.36. The number of Topliss-reactive ketones (excluding diaryl/α,β-unsaturated/α-hetero) is 1. The standard InChI is InChI=1S/C20H19N3O4S2/c24-15(13-5-6-16-17(9-13)27-12-26-16)11-29-20-22-21-19(18-4-2-8-28-18)23(20)10-14-3-1-7-25-14/h2,4-6,8-9,14H,1,3,7,10-12H2. The van der Waals surface area contributed by atoms with Crippen molar-refractivity contribution in [3.63, 3.8) is 0 Å². The van der Waals surface area contributed by atoms with E-state index in [0.717, 1.165) is 35.3 Å².